The summed E-state index contributed by atoms with van der Waals surface area (Å²) in [5, 5.41) is 7.33. The molecule has 2 atom stereocenters. The van der Waals surface area contributed by atoms with E-state index in [9.17, 15) is 0 Å². The molecule has 14 heavy (non-hydrogen) atoms. The molecule has 2 rings (SSSR count). The Labute approximate surface area is 87.8 Å². The lowest BCUT2D eigenvalue weighted by Gasteiger charge is -2.41. The van der Waals surface area contributed by atoms with E-state index < -0.39 is 0 Å². The van der Waals surface area contributed by atoms with E-state index in [1.54, 1.807) is 0 Å². The second-order valence-corrected chi connectivity index (χ2v) is 5.58. The zero-order valence-electron chi connectivity index (χ0n) is 9.60. The summed E-state index contributed by atoms with van der Waals surface area (Å²) in [7, 11) is 0. The van der Waals surface area contributed by atoms with E-state index in [-0.39, 0.29) is 0 Å². The van der Waals surface area contributed by atoms with E-state index >= 15 is 0 Å². The monoisotopic (exact) mass is 196 g/mol. The first-order valence-electron chi connectivity index (χ1n) is 6.16. The van der Waals surface area contributed by atoms with E-state index in [1.165, 1.54) is 45.2 Å². The molecule has 0 bridgehead atoms. The van der Waals surface area contributed by atoms with Crippen LogP contribution in [0.3, 0.4) is 0 Å². The van der Waals surface area contributed by atoms with Crippen molar-refractivity contribution in [3.05, 3.63) is 0 Å². The molecule has 1 heterocycles. The van der Waals surface area contributed by atoms with Crippen molar-refractivity contribution in [2.75, 3.05) is 13.1 Å². The smallest absolute Gasteiger partial charge is 0.0195 e. The van der Waals surface area contributed by atoms with Gasteiger partial charge in [0.2, 0.25) is 0 Å². The molecule has 0 spiro atoms. The second-order valence-electron chi connectivity index (χ2n) is 5.58. The summed E-state index contributed by atoms with van der Waals surface area (Å²) < 4.78 is 0. The number of hydrogen-bond donors (Lipinski definition) is 2. The molecule has 0 amide bonds. The molecule has 2 fully saturated rings. The summed E-state index contributed by atoms with van der Waals surface area (Å²) in [6, 6.07) is 0.719. The highest BCUT2D eigenvalue weighted by Gasteiger charge is 2.31. The summed E-state index contributed by atoms with van der Waals surface area (Å²) >= 11 is 0. The van der Waals surface area contributed by atoms with Crippen LogP contribution in [0.2, 0.25) is 0 Å². The Morgan fingerprint density at radius 1 is 1.43 bits per heavy atom. The number of nitrogens with one attached hydrogen (secondary N) is 2. The standard InChI is InChI=1S/C12H24N2/c1-10-4-7-13-11(8-10)9-14-12(2)5-3-6-12/h10-11,13-14H,3-9H2,1-2H3. The maximum Gasteiger partial charge on any atom is 0.0195 e. The Kier molecular flexibility index (Phi) is 3.13. The fourth-order valence-corrected chi connectivity index (χ4v) is 2.63. The van der Waals surface area contributed by atoms with Crippen molar-refractivity contribution in [3.8, 4) is 0 Å². The van der Waals surface area contributed by atoms with Crippen molar-refractivity contribution in [1.82, 2.24) is 10.6 Å². The van der Waals surface area contributed by atoms with Gasteiger partial charge in [-0.1, -0.05) is 6.92 Å². The maximum absolute atomic E-state index is 3.72. The van der Waals surface area contributed by atoms with Crippen LogP contribution in [0.25, 0.3) is 0 Å². The van der Waals surface area contributed by atoms with Gasteiger partial charge in [-0.3, -0.25) is 0 Å². The molecule has 1 saturated heterocycles. The van der Waals surface area contributed by atoms with Gasteiger partial charge < -0.3 is 10.6 Å². The maximum atomic E-state index is 3.72. The molecule has 82 valence electrons. The number of piperidine rings is 1. The minimum Gasteiger partial charge on any atom is -0.313 e. The van der Waals surface area contributed by atoms with Crippen LogP contribution in [0, 0.1) is 5.92 Å². The molecule has 0 aromatic rings. The van der Waals surface area contributed by atoms with Gasteiger partial charge in [-0.15, -0.1) is 0 Å². The highest BCUT2D eigenvalue weighted by molar-refractivity contribution is 4.93. The van der Waals surface area contributed by atoms with Gasteiger partial charge in [0.25, 0.3) is 0 Å². The largest absolute Gasteiger partial charge is 0.313 e. The third-order valence-corrected chi connectivity index (χ3v) is 3.99. The third-order valence-electron chi connectivity index (χ3n) is 3.99. The van der Waals surface area contributed by atoms with Crippen LogP contribution in [0.1, 0.15) is 46.0 Å². The van der Waals surface area contributed by atoms with Crippen LogP contribution in [0.4, 0.5) is 0 Å². The van der Waals surface area contributed by atoms with Crippen molar-refractivity contribution in [3.63, 3.8) is 0 Å². The Balaban J connectivity index is 1.69. The van der Waals surface area contributed by atoms with Gasteiger partial charge in [0.05, 0.1) is 0 Å². The van der Waals surface area contributed by atoms with Crippen molar-refractivity contribution in [1.29, 1.82) is 0 Å². The first-order valence-corrected chi connectivity index (χ1v) is 6.16. The van der Waals surface area contributed by atoms with Gasteiger partial charge in [0.15, 0.2) is 0 Å². The van der Waals surface area contributed by atoms with Gasteiger partial charge in [0, 0.05) is 18.1 Å². The molecule has 0 aromatic carbocycles. The molecule has 2 N–H and O–H groups in total. The van der Waals surface area contributed by atoms with Crippen molar-refractivity contribution in [2.24, 2.45) is 5.92 Å². The van der Waals surface area contributed by atoms with Gasteiger partial charge in [-0.2, -0.15) is 0 Å². The normalized spacial score (nSPS) is 36.4. The minimum atomic E-state index is 0.475. The Morgan fingerprint density at radius 2 is 2.21 bits per heavy atom. The lowest BCUT2D eigenvalue weighted by atomic mass is 9.78. The predicted molar refractivity (Wildman–Crippen MR) is 60.4 cm³/mol. The van der Waals surface area contributed by atoms with Crippen LogP contribution < -0.4 is 10.6 Å². The van der Waals surface area contributed by atoms with Crippen molar-refractivity contribution < 1.29 is 0 Å². The van der Waals surface area contributed by atoms with Crippen LogP contribution in [-0.2, 0) is 0 Å². The second kappa shape index (κ2) is 4.19. The lowest BCUT2D eigenvalue weighted by Crippen LogP contribution is -2.54. The van der Waals surface area contributed by atoms with Crippen LogP contribution in [0.5, 0.6) is 0 Å². The van der Waals surface area contributed by atoms with Gasteiger partial charge >= 0.3 is 0 Å². The fraction of sp³-hybridized carbons (Fsp3) is 1.00. The highest BCUT2D eigenvalue weighted by Crippen LogP contribution is 2.31. The first-order chi connectivity index (χ1) is 6.68. The quantitative estimate of drug-likeness (QED) is 0.720. The molecule has 0 aromatic heterocycles. The Morgan fingerprint density at radius 3 is 2.79 bits per heavy atom. The molecule has 1 saturated carbocycles. The van der Waals surface area contributed by atoms with Crippen molar-refractivity contribution in [2.45, 2.75) is 57.5 Å². The zero-order valence-corrected chi connectivity index (χ0v) is 9.60. The van der Waals surface area contributed by atoms with Crippen LogP contribution in [0.15, 0.2) is 0 Å². The minimum absolute atomic E-state index is 0.475. The topological polar surface area (TPSA) is 24.1 Å². The summed E-state index contributed by atoms with van der Waals surface area (Å²) in [6.07, 6.45) is 6.86. The van der Waals surface area contributed by atoms with Gasteiger partial charge in [-0.05, 0) is 51.5 Å². The summed E-state index contributed by atoms with van der Waals surface area (Å²) in [5.41, 5.74) is 0.475. The first kappa shape index (κ1) is 10.4. The Bertz CT molecular complexity index is 187. The molecular formula is C12H24N2. The summed E-state index contributed by atoms with van der Waals surface area (Å²) in [6.45, 7) is 7.12. The zero-order chi connectivity index (χ0) is 10.0. The predicted octanol–water partition coefficient (Wildman–Crippen LogP) is 1.91. The third kappa shape index (κ3) is 2.48. The molecule has 2 aliphatic rings. The van der Waals surface area contributed by atoms with E-state index in [2.05, 4.69) is 24.5 Å². The van der Waals surface area contributed by atoms with Gasteiger partial charge in [-0.25, -0.2) is 0 Å². The molecule has 1 aliphatic carbocycles. The SMILES string of the molecule is CC1CCNC(CNC2(C)CCC2)C1. The molecule has 1 aliphatic heterocycles. The summed E-state index contributed by atoms with van der Waals surface area (Å²) in [4.78, 5) is 0. The number of hydrogen-bond acceptors (Lipinski definition) is 2. The van der Waals surface area contributed by atoms with E-state index in [0.29, 0.717) is 5.54 Å². The van der Waals surface area contributed by atoms with E-state index in [1.807, 2.05) is 0 Å². The molecule has 2 unspecified atom stereocenters. The van der Waals surface area contributed by atoms with E-state index in [0.717, 1.165) is 12.0 Å². The lowest BCUT2D eigenvalue weighted by molar-refractivity contribution is 0.190. The van der Waals surface area contributed by atoms with Crippen LogP contribution >= 0.6 is 0 Å². The Hall–Kier alpha value is -0.0800. The average molecular weight is 196 g/mol. The van der Waals surface area contributed by atoms with E-state index in [4.69, 9.17) is 0 Å². The summed E-state index contributed by atoms with van der Waals surface area (Å²) in [5.74, 6) is 0.914. The molecule has 0 radical (unpaired) electrons. The average Bonchev–Trinajstić information content (AvgIpc) is 2.12. The highest BCUT2D eigenvalue weighted by atomic mass is 15.0. The number of rotatable bonds is 3. The van der Waals surface area contributed by atoms with Crippen LogP contribution in [-0.4, -0.2) is 24.7 Å². The molecule has 2 nitrogen and oxygen atoms in total. The fourth-order valence-electron chi connectivity index (χ4n) is 2.63. The van der Waals surface area contributed by atoms with Gasteiger partial charge in [0.1, 0.15) is 0 Å². The molecule has 2 heteroatoms. The van der Waals surface area contributed by atoms with Crippen molar-refractivity contribution >= 4 is 0 Å². The molecular weight excluding hydrogens is 172 g/mol.